The van der Waals surface area contributed by atoms with Crippen molar-refractivity contribution in [3.8, 4) is 0 Å². The van der Waals surface area contributed by atoms with E-state index >= 15 is 0 Å². The molecule has 2 aliphatic rings. The number of halogens is 1. The average Bonchev–Trinajstić information content (AvgIpc) is 2.37. The van der Waals surface area contributed by atoms with E-state index in [1.54, 1.807) is 0 Å². The molecule has 1 aliphatic heterocycles. The fourth-order valence-corrected chi connectivity index (χ4v) is 6.61. The van der Waals surface area contributed by atoms with Gasteiger partial charge in [-0.15, -0.1) is 11.6 Å². The van der Waals surface area contributed by atoms with E-state index in [1.807, 2.05) is 0 Å². The third kappa shape index (κ3) is 4.32. The van der Waals surface area contributed by atoms with Crippen molar-refractivity contribution in [1.82, 2.24) is 4.72 Å². The molecule has 118 valence electrons. The molecule has 0 aromatic carbocycles. The Morgan fingerprint density at radius 3 is 2.25 bits per heavy atom. The van der Waals surface area contributed by atoms with Crippen molar-refractivity contribution in [3.63, 3.8) is 0 Å². The third-order valence-corrected chi connectivity index (χ3v) is 8.51. The summed E-state index contributed by atoms with van der Waals surface area (Å²) in [5, 5.41) is -0.540. The molecule has 0 amide bonds. The van der Waals surface area contributed by atoms with Crippen LogP contribution < -0.4 is 4.72 Å². The molecule has 1 heterocycles. The highest BCUT2D eigenvalue weighted by Gasteiger charge is 2.33. The van der Waals surface area contributed by atoms with Gasteiger partial charge in [0, 0.05) is 11.9 Å². The Kier molecular flexibility index (Phi) is 5.37. The van der Waals surface area contributed by atoms with E-state index in [0.29, 0.717) is 6.54 Å². The smallest absolute Gasteiger partial charge is 0.214 e. The molecule has 1 saturated carbocycles. The Labute approximate surface area is 126 Å². The minimum absolute atomic E-state index is 0.0276. The molecule has 5 nitrogen and oxygen atoms in total. The normalized spacial score (nSPS) is 32.0. The van der Waals surface area contributed by atoms with Crippen LogP contribution in [0.2, 0.25) is 0 Å². The Hall–Kier alpha value is 0.150. The minimum Gasteiger partial charge on any atom is -0.229 e. The lowest BCUT2D eigenvalue weighted by Gasteiger charge is -2.28. The van der Waals surface area contributed by atoms with Crippen molar-refractivity contribution in [2.24, 2.45) is 5.92 Å². The monoisotopic (exact) mass is 343 g/mol. The van der Waals surface area contributed by atoms with E-state index in [4.69, 9.17) is 11.6 Å². The van der Waals surface area contributed by atoms with Crippen molar-refractivity contribution in [2.75, 3.05) is 18.1 Å². The van der Waals surface area contributed by atoms with Gasteiger partial charge in [0.1, 0.15) is 9.84 Å². The second-order valence-corrected chi connectivity index (χ2v) is 10.7. The fourth-order valence-electron chi connectivity index (χ4n) is 2.91. The van der Waals surface area contributed by atoms with Crippen LogP contribution in [0, 0.1) is 5.92 Å². The van der Waals surface area contributed by atoms with E-state index in [1.165, 1.54) is 0 Å². The lowest BCUT2D eigenvalue weighted by atomic mass is 9.89. The molecule has 2 rings (SSSR count). The molecule has 2 unspecified atom stereocenters. The van der Waals surface area contributed by atoms with Crippen LogP contribution in [0.5, 0.6) is 0 Å². The van der Waals surface area contributed by atoms with Gasteiger partial charge in [-0.3, -0.25) is 0 Å². The first-order valence-electron chi connectivity index (χ1n) is 7.13. The lowest BCUT2D eigenvalue weighted by molar-refractivity contribution is 0.363. The number of rotatable bonds is 4. The maximum Gasteiger partial charge on any atom is 0.214 e. The van der Waals surface area contributed by atoms with Crippen LogP contribution >= 0.6 is 11.6 Å². The minimum atomic E-state index is -3.43. The number of sulfonamides is 1. The van der Waals surface area contributed by atoms with E-state index in [9.17, 15) is 16.8 Å². The van der Waals surface area contributed by atoms with E-state index in [-0.39, 0.29) is 35.6 Å². The van der Waals surface area contributed by atoms with Crippen LogP contribution in [0.4, 0.5) is 0 Å². The number of hydrogen-bond acceptors (Lipinski definition) is 4. The first-order chi connectivity index (χ1) is 9.30. The van der Waals surface area contributed by atoms with E-state index in [2.05, 4.69) is 4.72 Å². The Balaban J connectivity index is 1.88. The first kappa shape index (κ1) is 16.5. The summed E-state index contributed by atoms with van der Waals surface area (Å²) in [6.45, 7) is 0.375. The average molecular weight is 344 g/mol. The van der Waals surface area contributed by atoms with Gasteiger partial charge >= 0.3 is 0 Å². The fraction of sp³-hybridized carbons (Fsp3) is 1.00. The SMILES string of the molecule is O=S1(=O)CCC(S(=O)(=O)NCC2CCCCC2Cl)CC1. The summed E-state index contributed by atoms with van der Waals surface area (Å²) < 4.78 is 49.7. The Bertz CT molecular complexity index is 518. The van der Waals surface area contributed by atoms with E-state index < -0.39 is 25.1 Å². The van der Waals surface area contributed by atoms with E-state index in [0.717, 1.165) is 25.7 Å². The van der Waals surface area contributed by atoms with Crippen LogP contribution in [0.1, 0.15) is 38.5 Å². The summed E-state index contributed by atoms with van der Waals surface area (Å²) in [4.78, 5) is 0. The number of nitrogens with one attached hydrogen (secondary N) is 1. The van der Waals surface area contributed by atoms with Gasteiger partial charge in [-0.1, -0.05) is 12.8 Å². The van der Waals surface area contributed by atoms with Gasteiger partial charge < -0.3 is 0 Å². The summed E-state index contributed by atoms with van der Waals surface area (Å²) in [7, 11) is -6.46. The molecule has 2 fully saturated rings. The maximum absolute atomic E-state index is 12.2. The van der Waals surface area contributed by atoms with Crippen LogP contribution in [0.15, 0.2) is 0 Å². The summed E-state index contributed by atoms with van der Waals surface area (Å²) in [6, 6.07) is 0. The molecular formula is C12H22ClNO4S2. The highest BCUT2D eigenvalue weighted by Crippen LogP contribution is 2.28. The molecule has 8 heteroatoms. The zero-order chi connectivity index (χ0) is 14.8. The van der Waals surface area contributed by atoms with Crippen molar-refractivity contribution in [2.45, 2.75) is 49.2 Å². The molecule has 0 radical (unpaired) electrons. The Morgan fingerprint density at radius 2 is 1.65 bits per heavy atom. The third-order valence-electron chi connectivity index (χ3n) is 4.30. The van der Waals surface area contributed by atoms with Gasteiger partial charge in [0.2, 0.25) is 10.0 Å². The maximum atomic E-state index is 12.2. The first-order valence-corrected chi connectivity index (χ1v) is 10.9. The molecule has 0 aromatic heterocycles. The van der Waals surface area contributed by atoms with Gasteiger partial charge in [0.05, 0.1) is 16.8 Å². The molecule has 1 aliphatic carbocycles. The van der Waals surface area contributed by atoms with Gasteiger partial charge in [-0.05, 0) is 31.6 Å². The van der Waals surface area contributed by atoms with Crippen molar-refractivity contribution in [1.29, 1.82) is 0 Å². The van der Waals surface area contributed by atoms with Crippen LogP contribution in [0.25, 0.3) is 0 Å². The van der Waals surface area contributed by atoms with Gasteiger partial charge in [-0.25, -0.2) is 21.6 Å². The molecule has 0 aromatic rings. The zero-order valence-corrected chi connectivity index (χ0v) is 13.8. The standard InChI is InChI=1S/C12H22ClNO4S2/c13-12-4-2-1-3-10(12)9-14-20(17,18)11-5-7-19(15,16)8-6-11/h10-12,14H,1-9H2. The summed E-state index contributed by atoms with van der Waals surface area (Å²) in [6.07, 6.45) is 4.50. The van der Waals surface area contributed by atoms with Crippen molar-refractivity contribution in [3.05, 3.63) is 0 Å². The number of sulfone groups is 1. The van der Waals surface area contributed by atoms with Crippen molar-refractivity contribution >= 4 is 31.5 Å². The quantitative estimate of drug-likeness (QED) is 0.780. The highest BCUT2D eigenvalue weighted by atomic mass is 35.5. The lowest BCUT2D eigenvalue weighted by Crippen LogP contribution is -2.42. The van der Waals surface area contributed by atoms with Gasteiger partial charge in [0.25, 0.3) is 0 Å². The molecule has 1 N–H and O–H groups in total. The topological polar surface area (TPSA) is 80.3 Å². The van der Waals surface area contributed by atoms with Crippen molar-refractivity contribution < 1.29 is 16.8 Å². The largest absolute Gasteiger partial charge is 0.229 e. The van der Waals surface area contributed by atoms with Crippen LogP contribution in [0.3, 0.4) is 0 Å². The number of hydrogen-bond donors (Lipinski definition) is 1. The molecule has 1 saturated heterocycles. The zero-order valence-electron chi connectivity index (χ0n) is 11.4. The summed E-state index contributed by atoms with van der Waals surface area (Å²) >= 11 is 6.22. The number of alkyl halides is 1. The Morgan fingerprint density at radius 1 is 1.05 bits per heavy atom. The van der Waals surface area contributed by atoms with Crippen LogP contribution in [-0.4, -0.2) is 45.5 Å². The molecule has 20 heavy (non-hydrogen) atoms. The second-order valence-electron chi connectivity index (χ2n) is 5.81. The molecule has 0 spiro atoms. The molecular weight excluding hydrogens is 322 g/mol. The highest BCUT2D eigenvalue weighted by molar-refractivity contribution is 7.92. The van der Waals surface area contributed by atoms with Crippen LogP contribution in [-0.2, 0) is 19.9 Å². The molecule has 2 atom stereocenters. The predicted molar refractivity (Wildman–Crippen MR) is 80.2 cm³/mol. The summed E-state index contributed by atoms with van der Waals surface area (Å²) in [5.74, 6) is 0.132. The second kappa shape index (κ2) is 6.50. The molecule has 0 bridgehead atoms. The van der Waals surface area contributed by atoms with Gasteiger partial charge in [-0.2, -0.15) is 0 Å². The predicted octanol–water partition coefficient (Wildman–Crippen LogP) is 1.28. The van der Waals surface area contributed by atoms with Gasteiger partial charge in [0.15, 0.2) is 0 Å². The summed E-state index contributed by atoms with van der Waals surface area (Å²) in [5.41, 5.74) is 0.